The van der Waals surface area contributed by atoms with Gasteiger partial charge in [0.15, 0.2) is 0 Å². The molecule has 1 aromatic carbocycles. The van der Waals surface area contributed by atoms with Crippen LogP contribution in [-0.4, -0.2) is 19.7 Å². The molecule has 0 bridgehead atoms. The number of hydrogen-bond acceptors (Lipinski definition) is 4. The van der Waals surface area contributed by atoms with Gasteiger partial charge >= 0.3 is 0 Å². The molecule has 0 fully saturated rings. The van der Waals surface area contributed by atoms with Crippen LogP contribution >= 0.6 is 0 Å². The van der Waals surface area contributed by atoms with Gasteiger partial charge in [-0.15, -0.1) is 0 Å². The average Bonchev–Trinajstić information content (AvgIpc) is 2.65. The van der Waals surface area contributed by atoms with Crippen molar-refractivity contribution in [2.75, 3.05) is 13.7 Å². The molecule has 1 aliphatic rings. The minimum absolute atomic E-state index is 0.0228. The molecular weight excluding hydrogens is 192 g/mol. The molecule has 4 heteroatoms. The van der Waals surface area contributed by atoms with Gasteiger partial charge in [0.25, 0.3) is 6.02 Å². The molecule has 15 heavy (non-hydrogen) atoms. The van der Waals surface area contributed by atoms with Gasteiger partial charge in [-0.3, -0.25) is 0 Å². The van der Waals surface area contributed by atoms with Crippen LogP contribution in [0.3, 0.4) is 0 Å². The van der Waals surface area contributed by atoms with E-state index in [2.05, 4.69) is 11.1 Å². The highest BCUT2D eigenvalue weighted by Crippen LogP contribution is 2.26. The molecule has 4 nitrogen and oxygen atoms in total. The summed E-state index contributed by atoms with van der Waals surface area (Å²) in [6.07, 6.45) is 0. The molecule has 1 heterocycles. The fraction of sp³-hybridized carbons (Fsp3) is 0.364. The van der Waals surface area contributed by atoms with Gasteiger partial charge in [-0.25, -0.2) is 4.99 Å². The maximum absolute atomic E-state index is 5.46. The minimum Gasteiger partial charge on any atom is -0.496 e. The van der Waals surface area contributed by atoms with Crippen LogP contribution in [0.1, 0.15) is 17.2 Å². The fourth-order valence-corrected chi connectivity index (χ4v) is 1.67. The Labute approximate surface area is 88.7 Å². The van der Waals surface area contributed by atoms with Crippen molar-refractivity contribution in [1.82, 2.24) is 0 Å². The SMILES string of the molecule is COc1ccc([C@H]2COC(N)=N2)cc1C. The predicted molar refractivity (Wildman–Crippen MR) is 58.0 cm³/mol. The molecule has 2 rings (SSSR count). The Morgan fingerprint density at radius 1 is 1.53 bits per heavy atom. The lowest BCUT2D eigenvalue weighted by molar-refractivity contribution is 0.315. The zero-order valence-electron chi connectivity index (χ0n) is 8.86. The third-order valence-corrected chi connectivity index (χ3v) is 2.48. The first-order valence-electron chi connectivity index (χ1n) is 4.81. The number of nitrogens with two attached hydrogens (primary N) is 1. The van der Waals surface area contributed by atoms with Crippen molar-refractivity contribution in [3.8, 4) is 5.75 Å². The first-order valence-corrected chi connectivity index (χ1v) is 4.81. The van der Waals surface area contributed by atoms with Crippen molar-refractivity contribution < 1.29 is 9.47 Å². The molecule has 0 saturated heterocycles. The summed E-state index contributed by atoms with van der Waals surface area (Å²) in [5.41, 5.74) is 7.66. The summed E-state index contributed by atoms with van der Waals surface area (Å²) in [6.45, 7) is 2.53. The van der Waals surface area contributed by atoms with E-state index in [0.717, 1.165) is 16.9 Å². The van der Waals surface area contributed by atoms with Crippen LogP contribution < -0.4 is 10.5 Å². The number of methoxy groups -OCH3 is 1. The molecule has 1 aromatic rings. The van der Waals surface area contributed by atoms with E-state index in [1.807, 2.05) is 19.1 Å². The van der Waals surface area contributed by atoms with Gasteiger partial charge in [0.2, 0.25) is 0 Å². The zero-order valence-corrected chi connectivity index (χ0v) is 8.86. The lowest BCUT2D eigenvalue weighted by Crippen LogP contribution is -2.10. The Morgan fingerprint density at radius 3 is 2.87 bits per heavy atom. The number of benzene rings is 1. The van der Waals surface area contributed by atoms with E-state index >= 15 is 0 Å². The second-order valence-corrected chi connectivity index (χ2v) is 3.52. The van der Waals surface area contributed by atoms with Crippen LogP contribution in [0.15, 0.2) is 23.2 Å². The van der Waals surface area contributed by atoms with Gasteiger partial charge in [-0.2, -0.15) is 0 Å². The molecule has 0 aromatic heterocycles. The number of hydrogen-bond donors (Lipinski definition) is 1. The van der Waals surface area contributed by atoms with Gasteiger partial charge in [-0.05, 0) is 24.1 Å². The van der Waals surface area contributed by atoms with Crippen LogP contribution in [0.25, 0.3) is 0 Å². The van der Waals surface area contributed by atoms with Crippen LogP contribution in [0.4, 0.5) is 0 Å². The first kappa shape index (κ1) is 9.83. The largest absolute Gasteiger partial charge is 0.496 e. The Hall–Kier alpha value is -1.71. The highest BCUT2D eigenvalue weighted by molar-refractivity contribution is 5.73. The predicted octanol–water partition coefficient (Wildman–Crippen LogP) is 1.39. The second-order valence-electron chi connectivity index (χ2n) is 3.52. The molecule has 0 aliphatic carbocycles. The summed E-state index contributed by atoms with van der Waals surface area (Å²) in [6, 6.07) is 6.27. The normalized spacial score (nSPS) is 19.6. The topological polar surface area (TPSA) is 56.8 Å². The summed E-state index contributed by atoms with van der Waals surface area (Å²) in [4.78, 5) is 4.19. The van der Waals surface area contributed by atoms with Crippen molar-refractivity contribution in [1.29, 1.82) is 0 Å². The summed E-state index contributed by atoms with van der Waals surface area (Å²) in [7, 11) is 1.66. The number of aliphatic imine (C=N–C) groups is 1. The van der Waals surface area contributed by atoms with E-state index in [9.17, 15) is 0 Å². The van der Waals surface area contributed by atoms with E-state index in [1.165, 1.54) is 0 Å². The molecule has 1 aliphatic heterocycles. The molecule has 0 unspecified atom stereocenters. The average molecular weight is 206 g/mol. The third-order valence-electron chi connectivity index (χ3n) is 2.48. The first-order chi connectivity index (χ1) is 7.20. The lowest BCUT2D eigenvalue weighted by atomic mass is 10.1. The monoisotopic (exact) mass is 206 g/mol. The van der Waals surface area contributed by atoms with Crippen molar-refractivity contribution in [2.24, 2.45) is 10.7 Å². The molecule has 0 radical (unpaired) electrons. The van der Waals surface area contributed by atoms with E-state index in [-0.39, 0.29) is 12.1 Å². The number of aryl methyl sites for hydroxylation is 1. The maximum atomic E-state index is 5.46. The van der Waals surface area contributed by atoms with Crippen molar-refractivity contribution in [2.45, 2.75) is 13.0 Å². The standard InChI is InChI=1S/C11H14N2O2/c1-7-5-8(3-4-10(7)14-2)9-6-15-11(12)13-9/h3-5,9H,6H2,1-2H3,(H2,12,13)/t9-/m1/s1. The van der Waals surface area contributed by atoms with E-state index < -0.39 is 0 Å². The highest BCUT2D eigenvalue weighted by atomic mass is 16.5. The zero-order chi connectivity index (χ0) is 10.8. The quantitative estimate of drug-likeness (QED) is 0.795. The van der Waals surface area contributed by atoms with Gasteiger partial charge in [-0.1, -0.05) is 12.1 Å². The van der Waals surface area contributed by atoms with Gasteiger partial charge in [0.05, 0.1) is 7.11 Å². The molecule has 2 N–H and O–H groups in total. The molecular formula is C11H14N2O2. The smallest absolute Gasteiger partial charge is 0.282 e. The minimum atomic E-state index is 0.0228. The van der Waals surface area contributed by atoms with E-state index in [4.69, 9.17) is 15.2 Å². The molecule has 0 saturated carbocycles. The van der Waals surface area contributed by atoms with Crippen LogP contribution in [0, 0.1) is 6.92 Å². The van der Waals surface area contributed by atoms with Crippen molar-refractivity contribution in [3.63, 3.8) is 0 Å². The maximum Gasteiger partial charge on any atom is 0.282 e. The number of nitrogens with zero attached hydrogens (tertiary/aromatic N) is 1. The fourth-order valence-electron chi connectivity index (χ4n) is 1.67. The number of ether oxygens (including phenoxy) is 2. The summed E-state index contributed by atoms with van der Waals surface area (Å²) >= 11 is 0. The Bertz CT molecular complexity index is 402. The third kappa shape index (κ3) is 1.88. The van der Waals surface area contributed by atoms with Crippen LogP contribution in [0.2, 0.25) is 0 Å². The molecule has 1 atom stereocenters. The summed E-state index contributed by atoms with van der Waals surface area (Å²) < 4.78 is 10.3. The van der Waals surface area contributed by atoms with E-state index in [1.54, 1.807) is 7.11 Å². The second kappa shape index (κ2) is 3.81. The number of amidine groups is 1. The summed E-state index contributed by atoms with van der Waals surface area (Å²) in [5, 5.41) is 0. The number of rotatable bonds is 2. The molecule has 0 spiro atoms. The van der Waals surface area contributed by atoms with Gasteiger partial charge in [0.1, 0.15) is 18.4 Å². The molecule has 80 valence electrons. The highest BCUT2D eigenvalue weighted by Gasteiger charge is 2.19. The Balaban J connectivity index is 2.27. The Kier molecular flexibility index (Phi) is 2.49. The van der Waals surface area contributed by atoms with E-state index in [0.29, 0.717) is 6.61 Å². The van der Waals surface area contributed by atoms with Crippen LogP contribution in [-0.2, 0) is 4.74 Å². The molecule has 0 amide bonds. The van der Waals surface area contributed by atoms with Gasteiger partial charge in [0, 0.05) is 0 Å². The lowest BCUT2D eigenvalue weighted by Gasteiger charge is -2.09. The van der Waals surface area contributed by atoms with Crippen molar-refractivity contribution in [3.05, 3.63) is 29.3 Å². The van der Waals surface area contributed by atoms with Crippen molar-refractivity contribution >= 4 is 6.02 Å². The van der Waals surface area contributed by atoms with Crippen LogP contribution in [0.5, 0.6) is 5.75 Å². The van der Waals surface area contributed by atoms with Gasteiger partial charge < -0.3 is 15.2 Å². The Morgan fingerprint density at radius 2 is 2.33 bits per heavy atom. The summed E-state index contributed by atoms with van der Waals surface area (Å²) in [5.74, 6) is 0.884.